The molecule has 18 heavy (non-hydrogen) atoms. The van der Waals surface area contributed by atoms with Crippen molar-refractivity contribution in [2.45, 2.75) is 6.92 Å². The maximum atomic E-state index is 12.0. The van der Waals surface area contributed by atoms with Crippen LogP contribution in [0.15, 0.2) is 24.3 Å². The van der Waals surface area contributed by atoms with Gasteiger partial charge in [-0.05, 0) is 18.2 Å². The number of rotatable bonds is 4. The lowest BCUT2D eigenvalue weighted by atomic mass is 9.88. The second-order valence-electron chi connectivity index (χ2n) is 5.43. The number of hydrogen-bond donors (Lipinski definition) is 1. The fourth-order valence-electron chi connectivity index (χ4n) is 1.87. The Morgan fingerprint density at radius 1 is 1.44 bits per heavy atom. The lowest BCUT2D eigenvalue weighted by molar-refractivity contribution is -0.0978. The summed E-state index contributed by atoms with van der Waals surface area (Å²) in [5.74, 6) is -0.0215. The average Bonchev–Trinajstić information content (AvgIpc) is 2.33. The number of benzene rings is 1. The average molecular weight is 248 g/mol. The van der Waals surface area contributed by atoms with Crippen LogP contribution in [0.3, 0.4) is 0 Å². The van der Waals surface area contributed by atoms with Crippen molar-refractivity contribution in [3.8, 4) is 0 Å². The Kier molecular flexibility index (Phi) is 3.57. The lowest BCUT2D eigenvalue weighted by Crippen LogP contribution is -2.48. The highest BCUT2D eigenvalue weighted by Gasteiger charge is 2.33. The second-order valence-corrected chi connectivity index (χ2v) is 5.43. The van der Waals surface area contributed by atoms with Gasteiger partial charge in [0.05, 0.1) is 13.2 Å². The van der Waals surface area contributed by atoms with Crippen molar-refractivity contribution in [2.24, 2.45) is 5.41 Å². The third-order valence-electron chi connectivity index (χ3n) is 3.20. The first-order valence-corrected chi connectivity index (χ1v) is 6.14. The Morgan fingerprint density at radius 3 is 2.72 bits per heavy atom. The predicted molar refractivity (Wildman–Crippen MR) is 72.0 cm³/mol. The zero-order chi connectivity index (χ0) is 13.2. The van der Waals surface area contributed by atoms with Crippen molar-refractivity contribution in [3.63, 3.8) is 0 Å². The van der Waals surface area contributed by atoms with Gasteiger partial charge in [-0.3, -0.25) is 4.79 Å². The van der Waals surface area contributed by atoms with Crippen molar-refractivity contribution in [3.05, 3.63) is 29.8 Å². The fraction of sp³-hybridized carbons (Fsp3) is 0.500. The first-order valence-electron chi connectivity index (χ1n) is 6.14. The molecule has 1 aliphatic heterocycles. The summed E-state index contributed by atoms with van der Waals surface area (Å²) in [6.07, 6.45) is 0. The minimum atomic E-state index is -0.0215. The van der Waals surface area contributed by atoms with Gasteiger partial charge in [0.15, 0.2) is 0 Å². The van der Waals surface area contributed by atoms with E-state index in [2.05, 4.69) is 12.2 Å². The predicted octanol–water partition coefficient (Wildman–Crippen LogP) is 1.52. The van der Waals surface area contributed by atoms with Crippen molar-refractivity contribution in [1.29, 1.82) is 0 Å². The summed E-state index contributed by atoms with van der Waals surface area (Å²) in [5.41, 5.74) is 1.83. The molecular formula is C14H20N2O2. The molecule has 1 saturated heterocycles. The molecule has 2 rings (SSSR count). The highest BCUT2D eigenvalue weighted by Crippen LogP contribution is 2.25. The standard InChI is InChI=1S/C14H20N2O2/c1-14(9-18-10-14)8-15-13(17)11-5-4-6-12(7-11)16(2)3/h4-7H,8-10H2,1-3H3,(H,15,17). The molecule has 0 radical (unpaired) electrons. The molecule has 1 aromatic rings. The van der Waals surface area contributed by atoms with Gasteiger partial charge in [-0.1, -0.05) is 13.0 Å². The minimum absolute atomic E-state index is 0.0215. The molecule has 4 nitrogen and oxygen atoms in total. The first kappa shape index (κ1) is 12.9. The number of amides is 1. The van der Waals surface area contributed by atoms with Gasteiger partial charge < -0.3 is 15.0 Å². The van der Waals surface area contributed by atoms with Crippen LogP contribution in [-0.4, -0.2) is 39.8 Å². The van der Waals surface area contributed by atoms with Gasteiger partial charge in [-0.2, -0.15) is 0 Å². The molecule has 1 aromatic carbocycles. The van der Waals surface area contributed by atoms with Crippen LogP contribution in [-0.2, 0) is 4.74 Å². The lowest BCUT2D eigenvalue weighted by Gasteiger charge is -2.38. The van der Waals surface area contributed by atoms with Crippen LogP contribution in [0.1, 0.15) is 17.3 Å². The Morgan fingerprint density at radius 2 is 2.17 bits per heavy atom. The van der Waals surface area contributed by atoms with Gasteiger partial charge in [0, 0.05) is 37.3 Å². The smallest absolute Gasteiger partial charge is 0.251 e. The van der Waals surface area contributed by atoms with Crippen molar-refractivity contribution in [2.75, 3.05) is 38.8 Å². The van der Waals surface area contributed by atoms with Crippen LogP contribution in [0.4, 0.5) is 5.69 Å². The highest BCUT2D eigenvalue weighted by molar-refractivity contribution is 5.95. The SMILES string of the molecule is CN(C)c1cccc(C(=O)NCC2(C)COC2)c1. The van der Waals surface area contributed by atoms with E-state index < -0.39 is 0 Å². The molecule has 98 valence electrons. The van der Waals surface area contributed by atoms with E-state index in [0.717, 1.165) is 18.9 Å². The van der Waals surface area contributed by atoms with Gasteiger partial charge in [-0.15, -0.1) is 0 Å². The summed E-state index contributed by atoms with van der Waals surface area (Å²) in [6, 6.07) is 7.62. The highest BCUT2D eigenvalue weighted by atomic mass is 16.5. The normalized spacial score (nSPS) is 16.8. The molecule has 0 bridgehead atoms. The molecule has 4 heteroatoms. The molecule has 0 spiro atoms. The number of hydrogen-bond acceptors (Lipinski definition) is 3. The molecule has 0 aliphatic carbocycles. The zero-order valence-electron chi connectivity index (χ0n) is 11.2. The van der Waals surface area contributed by atoms with Crippen LogP contribution < -0.4 is 10.2 Å². The van der Waals surface area contributed by atoms with E-state index in [1.807, 2.05) is 43.3 Å². The molecule has 1 N–H and O–H groups in total. The van der Waals surface area contributed by atoms with Crippen LogP contribution in [0, 0.1) is 5.41 Å². The van der Waals surface area contributed by atoms with E-state index >= 15 is 0 Å². The quantitative estimate of drug-likeness (QED) is 0.878. The summed E-state index contributed by atoms with van der Waals surface area (Å²) in [4.78, 5) is 14.0. The Labute approximate surface area is 108 Å². The zero-order valence-corrected chi connectivity index (χ0v) is 11.2. The first-order chi connectivity index (χ1) is 8.50. The Bertz CT molecular complexity index is 439. The number of nitrogens with zero attached hydrogens (tertiary/aromatic N) is 1. The fourth-order valence-corrected chi connectivity index (χ4v) is 1.87. The van der Waals surface area contributed by atoms with Crippen molar-refractivity contribution >= 4 is 11.6 Å². The maximum absolute atomic E-state index is 12.0. The number of carbonyl (C=O) groups excluding carboxylic acids is 1. The second kappa shape index (κ2) is 4.98. The summed E-state index contributed by atoms with van der Waals surface area (Å²) in [7, 11) is 3.92. The summed E-state index contributed by atoms with van der Waals surface area (Å²) in [5, 5.41) is 2.97. The summed E-state index contributed by atoms with van der Waals surface area (Å²) >= 11 is 0. The topological polar surface area (TPSA) is 41.6 Å². The van der Waals surface area contributed by atoms with Crippen molar-refractivity contribution in [1.82, 2.24) is 5.32 Å². The van der Waals surface area contributed by atoms with Crippen molar-refractivity contribution < 1.29 is 9.53 Å². The van der Waals surface area contributed by atoms with E-state index in [-0.39, 0.29) is 11.3 Å². The molecule has 1 aliphatic rings. The van der Waals surface area contributed by atoms with E-state index in [1.54, 1.807) is 0 Å². The molecule has 0 saturated carbocycles. The minimum Gasteiger partial charge on any atom is -0.380 e. The number of ether oxygens (including phenoxy) is 1. The Balaban J connectivity index is 1.98. The maximum Gasteiger partial charge on any atom is 0.251 e. The third kappa shape index (κ3) is 2.82. The van der Waals surface area contributed by atoms with Gasteiger partial charge in [0.25, 0.3) is 5.91 Å². The van der Waals surface area contributed by atoms with E-state index in [1.165, 1.54) is 0 Å². The largest absolute Gasteiger partial charge is 0.380 e. The molecule has 0 unspecified atom stereocenters. The van der Waals surface area contributed by atoms with Gasteiger partial charge in [-0.25, -0.2) is 0 Å². The van der Waals surface area contributed by atoms with Gasteiger partial charge in [0.1, 0.15) is 0 Å². The van der Waals surface area contributed by atoms with Crippen LogP contribution in [0.25, 0.3) is 0 Å². The van der Waals surface area contributed by atoms with Gasteiger partial charge >= 0.3 is 0 Å². The summed E-state index contributed by atoms with van der Waals surface area (Å²) < 4.78 is 5.17. The molecular weight excluding hydrogens is 228 g/mol. The van der Waals surface area contributed by atoms with Crippen LogP contribution in [0.2, 0.25) is 0 Å². The van der Waals surface area contributed by atoms with E-state index in [0.29, 0.717) is 12.1 Å². The van der Waals surface area contributed by atoms with E-state index in [4.69, 9.17) is 4.74 Å². The van der Waals surface area contributed by atoms with Crippen LogP contribution in [0.5, 0.6) is 0 Å². The number of nitrogens with one attached hydrogen (secondary N) is 1. The van der Waals surface area contributed by atoms with Crippen LogP contribution >= 0.6 is 0 Å². The molecule has 1 heterocycles. The number of carbonyl (C=O) groups is 1. The summed E-state index contributed by atoms with van der Waals surface area (Å²) in [6.45, 7) is 4.24. The van der Waals surface area contributed by atoms with Gasteiger partial charge in [0.2, 0.25) is 0 Å². The number of anilines is 1. The Hall–Kier alpha value is -1.55. The molecule has 0 aromatic heterocycles. The molecule has 1 amide bonds. The monoisotopic (exact) mass is 248 g/mol. The third-order valence-corrected chi connectivity index (χ3v) is 3.20. The molecule has 0 atom stereocenters. The molecule has 1 fully saturated rings. The van der Waals surface area contributed by atoms with E-state index in [9.17, 15) is 4.79 Å².